The van der Waals surface area contributed by atoms with E-state index in [1.165, 1.54) is 38.5 Å². The Morgan fingerprint density at radius 3 is 2.41 bits per heavy atom. The number of amides is 1. The molecule has 3 aromatic rings. The summed E-state index contributed by atoms with van der Waals surface area (Å²) in [6.07, 6.45) is 10.7. The highest BCUT2D eigenvalue weighted by atomic mass is 35.5. The van der Waals surface area contributed by atoms with Crippen LogP contribution in [0.5, 0.6) is 0 Å². The highest BCUT2D eigenvalue weighted by Crippen LogP contribution is 2.44. The lowest BCUT2D eigenvalue weighted by molar-refractivity contribution is -0.120. The molecule has 210 valence electrons. The molecule has 1 amide bonds. The summed E-state index contributed by atoms with van der Waals surface area (Å²) in [7, 11) is 0. The standard InChI is InChI=1S/C22H22ClN5O2S.C8H18/c23-17-4-2-1-3-15(17)16-12-31-21-19(16)20(28-13-5-6-14(28)11-30-10-13)25-22(26-21)27-8-7-24-18(29)9-27;1-3-5-7-8-6-4-2/h1-4,12-14H,5-11H2,(H,24,29);3-8H2,1-2H3. The van der Waals surface area contributed by atoms with Gasteiger partial charge in [0.15, 0.2) is 0 Å². The predicted molar refractivity (Wildman–Crippen MR) is 162 cm³/mol. The smallest absolute Gasteiger partial charge is 0.239 e. The molecule has 3 aliphatic rings. The fourth-order valence-corrected chi connectivity index (χ4v) is 6.92. The third-order valence-corrected chi connectivity index (χ3v) is 9.03. The molecule has 2 aromatic heterocycles. The van der Waals surface area contributed by atoms with Crippen molar-refractivity contribution in [2.45, 2.75) is 77.3 Å². The Bertz CT molecular complexity index is 1250. The molecule has 3 saturated heterocycles. The van der Waals surface area contributed by atoms with Crippen LogP contribution in [0, 0.1) is 0 Å². The van der Waals surface area contributed by atoms with Gasteiger partial charge >= 0.3 is 0 Å². The molecule has 5 heterocycles. The summed E-state index contributed by atoms with van der Waals surface area (Å²) in [4.78, 5) is 27.3. The number of rotatable bonds is 8. The van der Waals surface area contributed by atoms with Crippen molar-refractivity contribution < 1.29 is 9.53 Å². The van der Waals surface area contributed by atoms with Crippen LogP contribution in [-0.2, 0) is 9.53 Å². The predicted octanol–water partition coefficient (Wildman–Crippen LogP) is 6.68. The Morgan fingerprint density at radius 2 is 1.74 bits per heavy atom. The second kappa shape index (κ2) is 13.3. The number of piperazine rings is 1. The van der Waals surface area contributed by atoms with Gasteiger partial charge in [-0.25, -0.2) is 4.98 Å². The second-order valence-electron chi connectivity index (χ2n) is 10.7. The molecule has 39 heavy (non-hydrogen) atoms. The van der Waals surface area contributed by atoms with E-state index in [0.29, 0.717) is 31.1 Å². The van der Waals surface area contributed by atoms with E-state index >= 15 is 0 Å². The van der Waals surface area contributed by atoms with Crippen molar-refractivity contribution in [1.29, 1.82) is 0 Å². The maximum atomic E-state index is 12.0. The molecule has 6 rings (SSSR count). The number of morpholine rings is 1. The number of fused-ring (bicyclic) bond motifs is 3. The van der Waals surface area contributed by atoms with Crippen LogP contribution in [0.3, 0.4) is 0 Å². The maximum Gasteiger partial charge on any atom is 0.239 e. The van der Waals surface area contributed by atoms with Crippen molar-refractivity contribution >= 4 is 50.8 Å². The number of hydrogen-bond acceptors (Lipinski definition) is 7. The number of anilines is 2. The normalized spacial score (nSPS) is 20.6. The topological polar surface area (TPSA) is 70.6 Å². The molecule has 3 aliphatic heterocycles. The average molecular weight is 570 g/mol. The van der Waals surface area contributed by atoms with E-state index < -0.39 is 0 Å². The van der Waals surface area contributed by atoms with E-state index in [1.807, 2.05) is 29.2 Å². The molecular formula is C30H40ClN5O2S. The monoisotopic (exact) mass is 569 g/mol. The number of halogens is 1. The van der Waals surface area contributed by atoms with Gasteiger partial charge in [-0.1, -0.05) is 82.2 Å². The molecule has 0 radical (unpaired) electrons. The van der Waals surface area contributed by atoms with E-state index in [0.717, 1.165) is 58.2 Å². The largest absolute Gasteiger partial charge is 0.377 e. The van der Waals surface area contributed by atoms with Crippen LogP contribution in [0.2, 0.25) is 5.02 Å². The summed E-state index contributed by atoms with van der Waals surface area (Å²) in [5, 5.41) is 6.76. The number of thiophene rings is 1. The van der Waals surface area contributed by atoms with Gasteiger partial charge in [-0.2, -0.15) is 4.98 Å². The summed E-state index contributed by atoms with van der Waals surface area (Å²) in [5.41, 5.74) is 2.06. The van der Waals surface area contributed by atoms with Crippen molar-refractivity contribution in [1.82, 2.24) is 15.3 Å². The zero-order chi connectivity index (χ0) is 27.2. The number of hydrogen-bond donors (Lipinski definition) is 1. The third-order valence-electron chi connectivity index (χ3n) is 7.83. The number of unbranched alkanes of at least 4 members (excludes halogenated alkanes) is 5. The number of nitrogens with one attached hydrogen (secondary N) is 1. The third kappa shape index (κ3) is 6.34. The number of nitrogens with zero attached hydrogens (tertiary/aromatic N) is 4. The molecule has 2 bridgehead atoms. The minimum absolute atomic E-state index is 0.00544. The van der Waals surface area contributed by atoms with Crippen molar-refractivity contribution in [3.05, 3.63) is 34.7 Å². The molecule has 2 unspecified atom stereocenters. The molecule has 3 fully saturated rings. The van der Waals surface area contributed by atoms with Crippen molar-refractivity contribution in [3.8, 4) is 11.1 Å². The fraction of sp³-hybridized carbons (Fsp3) is 0.567. The van der Waals surface area contributed by atoms with Crippen LogP contribution in [0.25, 0.3) is 21.3 Å². The molecule has 9 heteroatoms. The molecule has 7 nitrogen and oxygen atoms in total. The molecule has 1 aromatic carbocycles. The zero-order valence-electron chi connectivity index (χ0n) is 23.1. The van der Waals surface area contributed by atoms with E-state index in [1.54, 1.807) is 11.3 Å². The molecule has 1 N–H and O–H groups in total. The minimum atomic E-state index is 0.00544. The maximum absolute atomic E-state index is 12.0. The van der Waals surface area contributed by atoms with E-state index in [9.17, 15) is 4.79 Å². The van der Waals surface area contributed by atoms with Gasteiger partial charge < -0.3 is 19.9 Å². The zero-order valence-corrected chi connectivity index (χ0v) is 24.7. The Balaban J connectivity index is 0.000000339. The van der Waals surface area contributed by atoms with E-state index in [4.69, 9.17) is 26.3 Å². The van der Waals surface area contributed by atoms with Gasteiger partial charge in [-0.3, -0.25) is 4.79 Å². The lowest BCUT2D eigenvalue weighted by Crippen LogP contribution is -2.49. The first-order chi connectivity index (χ1) is 19.1. The molecule has 2 atom stereocenters. The van der Waals surface area contributed by atoms with Crippen LogP contribution < -0.4 is 15.1 Å². The summed E-state index contributed by atoms with van der Waals surface area (Å²) in [5.74, 6) is 1.57. The summed E-state index contributed by atoms with van der Waals surface area (Å²) in [6.45, 7) is 7.54. The second-order valence-corrected chi connectivity index (χ2v) is 11.9. The van der Waals surface area contributed by atoms with Crippen molar-refractivity contribution in [3.63, 3.8) is 0 Å². The lowest BCUT2D eigenvalue weighted by atomic mass is 10.1. The van der Waals surface area contributed by atoms with Crippen LogP contribution in [0.15, 0.2) is 29.6 Å². The first kappa shape index (κ1) is 28.1. The number of aromatic nitrogens is 2. The average Bonchev–Trinajstić information content (AvgIpc) is 3.48. The summed E-state index contributed by atoms with van der Waals surface area (Å²) in [6, 6.07) is 8.54. The fourth-order valence-electron chi connectivity index (χ4n) is 5.76. The van der Waals surface area contributed by atoms with Gasteiger partial charge in [0.05, 0.1) is 37.2 Å². The van der Waals surface area contributed by atoms with Crippen molar-refractivity contribution in [2.24, 2.45) is 0 Å². The highest BCUT2D eigenvalue weighted by molar-refractivity contribution is 7.17. The van der Waals surface area contributed by atoms with Gasteiger partial charge in [0.25, 0.3) is 0 Å². The number of ether oxygens (including phenoxy) is 1. The van der Waals surface area contributed by atoms with Crippen LogP contribution >= 0.6 is 22.9 Å². The molecule has 0 aliphatic carbocycles. The number of benzene rings is 1. The molecule has 0 spiro atoms. The number of carbonyl (C=O) groups is 1. The first-order valence-corrected chi connectivity index (χ1v) is 15.8. The Kier molecular flexibility index (Phi) is 9.58. The quantitative estimate of drug-likeness (QED) is 0.305. The van der Waals surface area contributed by atoms with Crippen LogP contribution in [0.1, 0.15) is 65.2 Å². The van der Waals surface area contributed by atoms with Gasteiger partial charge in [0.2, 0.25) is 11.9 Å². The van der Waals surface area contributed by atoms with Crippen LogP contribution in [-0.4, -0.2) is 60.8 Å². The first-order valence-electron chi connectivity index (χ1n) is 14.5. The minimum Gasteiger partial charge on any atom is -0.377 e. The summed E-state index contributed by atoms with van der Waals surface area (Å²) >= 11 is 8.17. The summed E-state index contributed by atoms with van der Waals surface area (Å²) < 4.78 is 5.83. The van der Waals surface area contributed by atoms with Crippen molar-refractivity contribution in [2.75, 3.05) is 42.6 Å². The van der Waals surface area contributed by atoms with Gasteiger partial charge in [-0.15, -0.1) is 11.3 Å². The van der Waals surface area contributed by atoms with Crippen LogP contribution in [0.4, 0.5) is 11.8 Å². The highest BCUT2D eigenvalue weighted by Gasteiger charge is 2.40. The Morgan fingerprint density at radius 1 is 1.03 bits per heavy atom. The Labute approximate surface area is 240 Å². The van der Waals surface area contributed by atoms with Gasteiger partial charge in [0, 0.05) is 34.6 Å². The number of carbonyl (C=O) groups excluding carboxylic acids is 1. The van der Waals surface area contributed by atoms with Gasteiger partial charge in [0.1, 0.15) is 10.6 Å². The van der Waals surface area contributed by atoms with E-state index in [-0.39, 0.29) is 12.5 Å². The Hall–Kier alpha value is -2.42. The van der Waals surface area contributed by atoms with Gasteiger partial charge in [-0.05, 0) is 18.9 Å². The molecular weight excluding hydrogens is 530 g/mol. The SMILES string of the molecule is CCCCCCCC.O=C1CN(c2nc(N3C4CCC3COC4)c3c(-c4ccccc4Cl)csc3n2)CCN1. The molecule has 0 saturated carbocycles. The van der Waals surface area contributed by atoms with E-state index in [2.05, 4.69) is 29.4 Å². The lowest BCUT2D eigenvalue weighted by Gasteiger charge is -2.37.